The Balaban J connectivity index is 1.67. The molecular weight excluding hydrogens is 426 g/mol. The number of rotatable bonds is 4. The fourth-order valence-corrected chi connectivity index (χ4v) is 3.69. The number of ether oxygens (including phenoxy) is 2. The number of nitrogens with zero attached hydrogens (tertiary/aromatic N) is 3. The van der Waals surface area contributed by atoms with Crippen LogP contribution in [0.25, 0.3) is 11.4 Å². The number of benzene rings is 1. The van der Waals surface area contributed by atoms with Crippen molar-refractivity contribution in [3.05, 3.63) is 35.5 Å². The minimum atomic E-state index is -1.70. The highest BCUT2D eigenvalue weighted by atomic mass is 16.5. The summed E-state index contributed by atoms with van der Waals surface area (Å²) in [5, 5.41) is 10.5. The van der Waals surface area contributed by atoms with Gasteiger partial charge < -0.3 is 30.9 Å². The van der Waals surface area contributed by atoms with Gasteiger partial charge in [-0.1, -0.05) is 24.0 Å². The van der Waals surface area contributed by atoms with Gasteiger partial charge in [0.2, 0.25) is 11.5 Å². The lowest BCUT2D eigenvalue weighted by Gasteiger charge is -2.23. The van der Waals surface area contributed by atoms with E-state index < -0.39 is 17.4 Å². The van der Waals surface area contributed by atoms with Crippen molar-refractivity contribution >= 4 is 17.5 Å². The van der Waals surface area contributed by atoms with Crippen molar-refractivity contribution < 1.29 is 24.2 Å². The minimum Gasteiger partial charge on any atom is -0.473 e. The number of hydrogen-bond acceptors (Lipinski definition) is 8. The molecule has 0 saturated carbocycles. The zero-order valence-corrected chi connectivity index (χ0v) is 18.2. The second-order valence-electron chi connectivity index (χ2n) is 8.08. The Bertz CT molecular complexity index is 1150. The summed E-state index contributed by atoms with van der Waals surface area (Å²) in [7, 11) is 1.62. The van der Waals surface area contributed by atoms with Crippen molar-refractivity contribution in [3.8, 4) is 29.1 Å². The van der Waals surface area contributed by atoms with Crippen LogP contribution in [0.1, 0.15) is 35.3 Å². The summed E-state index contributed by atoms with van der Waals surface area (Å²) < 4.78 is 11.3. The van der Waals surface area contributed by atoms with Crippen molar-refractivity contribution in [3.63, 3.8) is 0 Å². The number of carbonyl (C=O) groups excluding carboxylic acids is 2. The first-order chi connectivity index (χ1) is 15.8. The van der Waals surface area contributed by atoms with E-state index in [1.54, 1.807) is 31.3 Å². The fourth-order valence-electron chi connectivity index (χ4n) is 3.69. The van der Waals surface area contributed by atoms with Gasteiger partial charge in [-0.3, -0.25) is 9.59 Å². The number of carbonyl (C=O) groups is 2. The lowest BCUT2D eigenvalue weighted by molar-refractivity contribution is -0.137. The Labute approximate surface area is 190 Å². The molecule has 1 atom stereocenters. The Kier molecular flexibility index (Phi) is 6.18. The van der Waals surface area contributed by atoms with Crippen LogP contribution in [0, 0.1) is 11.8 Å². The van der Waals surface area contributed by atoms with Crippen LogP contribution < -0.4 is 16.2 Å². The molecule has 10 nitrogen and oxygen atoms in total. The SMILES string of the molecule is CN1CCC(O)(C#Cc2cccc(-c3nc(OC4CCOCC4)c(N)c(C(N)=O)n3)c2)C1=O. The molecule has 2 fully saturated rings. The van der Waals surface area contributed by atoms with Crippen molar-refractivity contribution in [2.45, 2.75) is 31.0 Å². The summed E-state index contributed by atoms with van der Waals surface area (Å²) in [4.78, 5) is 34.2. The molecule has 2 aromatic rings. The van der Waals surface area contributed by atoms with E-state index in [2.05, 4.69) is 21.8 Å². The Morgan fingerprint density at radius 1 is 1.33 bits per heavy atom. The predicted molar refractivity (Wildman–Crippen MR) is 119 cm³/mol. The summed E-state index contributed by atoms with van der Waals surface area (Å²) in [6.45, 7) is 1.57. The summed E-state index contributed by atoms with van der Waals surface area (Å²) in [5.74, 6) is 4.60. The Hall–Kier alpha value is -3.68. The Morgan fingerprint density at radius 2 is 2.09 bits per heavy atom. The molecular formula is C23H25N5O5. The first kappa shape index (κ1) is 22.5. The maximum Gasteiger partial charge on any atom is 0.269 e. The van der Waals surface area contributed by atoms with Gasteiger partial charge in [0.05, 0.1) is 13.2 Å². The van der Waals surface area contributed by atoms with Crippen molar-refractivity contribution in [1.82, 2.24) is 14.9 Å². The minimum absolute atomic E-state index is 0.0141. The zero-order valence-electron chi connectivity index (χ0n) is 18.2. The number of nitrogen functional groups attached to an aromatic ring is 1. The summed E-state index contributed by atoms with van der Waals surface area (Å²) in [6, 6.07) is 6.89. The molecule has 1 unspecified atom stereocenters. The molecule has 2 amide bonds. The molecule has 4 rings (SSSR count). The van der Waals surface area contributed by atoms with Crippen LogP contribution >= 0.6 is 0 Å². The first-order valence-electron chi connectivity index (χ1n) is 10.6. The van der Waals surface area contributed by atoms with Crippen molar-refractivity contribution in [1.29, 1.82) is 0 Å². The molecule has 2 saturated heterocycles. The van der Waals surface area contributed by atoms with E-state index in [4.69, 9.17) is 20.9 Å². The highest BCUT2D eigenvalue weighted by Crippen LogP contribution is 2.29. The third kappa shape index (κ3) is 4.74. The van der Waals surface area contributed by atoms with Crippen molar-refractivity contribution in [2.75, 3.05) is 32.5 Å². The maximum atomic E-state index is 12.1. The van der Waals surface area contributed by atoms with Crippen LogP contribution in [0.2, 0.25) is 0 Å². The largest absolute Gasteiger partial charge is 0.473 e. The lowest BCUT2D eigenvalue weighted by Crippen LogP contribution is -2.37. The van der Waals surface area contributed by atoms with Crippen LogP contribution in [0.15, 0.2) is 24.3 Å². The number of nitrogens with two attached hydrogens (primary N) is 2. The number of anilines is 1. The number of aliphatic hydroxyl groups is 1. The Morgan fingerprint density at radius 3 is 2.76 bits per heavy atom. The number of amides is 2. The highest BCUT2D eigenvalue weighted by Gasteiger charge is 2.42. The first-order valence-corrected chi connectivity index (χ1v) is 10.6. The van der Waals surface area contributed by atoms with E-state index in [9.17, 15) is 14.7 Å². The van der Waals surface area contributed by atoms with Gasteiger partial charge in [0, 0.05) is 44.0 Å². The van der Waals surface area contributed by atoms with Crippen LogP contribution in [0.3, 0.4) is 0 Å². The summed E-state index contributed by atoms with van der Waals surface area (Å²) >= 11 is 0. The topological polar surface area (TPSA) is 154 Å². The van der Waals surface area contributed by atoms with Crippen LogP contribution in [-0.2, 0) is 9.53 Å². The standard InChI is InChI=1S/C23H25N5O5/c1-28-10-9-23(31,22(28)30)8-5-14-3-2-4-15(13-14)20-26-18(19(25)29)17(24)21(27-20)33-16-6-11-32-12-7-16/h2-4,13,16,31H,6-7,9-12,24H2,1H3,(H2,25,29). The van der Waals surface area contributed by atoms with Crippen LogP contribution in [0.5, 0.6) is 5.88 Å². The van der Waals surface area contributed by atoms with Gasteiger partial charge in [-0.15, -0.1) is 0 Å². The second-order valence-corrected chi connectivity index (χ2v) is 8.08. The van der Waals surface area contributed by atoms with E-state index in [-0.39, 0.29) is 35.6 Å². The van der Waals surface area contributed by atoms with E-state index >= 15 is 0 Å². The summed E-state index contributed by atoms with van der Waals surface area (Å²) in [6.07, 6.45) is 1.44. The molecule has 1 aromatic carbocycles. The molecule has 3 heterocycles. The normalized spacial score (nSPS) is 20.9. The highest BCUT2D eigenvalue weighted by molar-refractivity contribution is 5.97. The average molecular weight is 451 g/mol. The molecule has 0 bridgehead atoms. The third-order valence-corrected chi connectivity index (χ3v) is 5.63. The lowest BCUT2D eigenvalue weighted by atomic mass is 10.0. The molecule has 0 aliphatic carbocycles. The zero-order chi connectivity index (χ0) is 23.6. The predicted octanol–water partition coefficient (Wildman–Crippen LogP) is 0.327. The molecule has 1 aromatic heterocycles. The number of hydrogen-bond donors (Lipinski definition) is 3. The number of likely N-dealkylation sites (tertiary alicyclic amines) is 1. The molecule has 33 heavy (non-hydrogen) atoms. The molecule has 5 N–H and O–H groups in total. The molecule has 10 heteroatoms. The van der Waals surface area contributed by atoms with Crippen molar-refractivity contribution in [2.24, 2.45) is 5.73 Å². The van der Waals surface area contributed by atoms with Gasteiger partial charge in [0.25, 0.3) is 11.8 Å². The quantitative estimate of drug-likeness (QED) is 0.562. The maximum absolute atomic E-state index is 12.1. The average Bonchev–Trinajstić information content (AvgIpc) is 3.07. The van der Waals surface area contributed by atoms with E-state index in [0.29, 0.717) is 43.7 Å². The monoisotopic (exact) mass is 451 g/mol. The number of aromatic nitrogens is 2. The molecule has 2 aliphatic heterocycles. The van der Waals surface area contributed by atoms with Crippen LogP contribution in [0.4, 0.5) is 5.69 Å². The third-order valence-electron chi connectivity index (χ3n) is 5.63. The van der Waals surface area contributed by atoms with Gasteiger partial charge in [0.1, 0.15) is 11.8 Å². The number of primary amides is 1. The smallest absolute Gasteiger partial charge is 0.269 e. The number of likely N-dealkylation sites (N-methyl/N-ethyl adjacent to an activating group) is 1. The van der Waals surface area contributed by atoms with E-state index in [1.807, 2.05) is 0 Å². The van der Waals surface area contributed by atoms with E-state index in [1.165, 1.54) is 4.90 Å². The van der Waals surface area contributed by atoms with Gasteiger partial charge in [0.15, 0.2) is 11.5 Å². The van der Waals surface area contributed by atoms with Gasteiger partial charge in [-0.05, 0) is 12.1 Å². The molecule has 172 valence electrons. The summed E-state index contributed by atoms with van der Waals surface area (Å²) in [5.41, 5.74) is 10.8. The molecule has 0 spiro atoms. The fraction of sp³-hybridized carbons (Fsp3) is 0.391. The van der Waals surface area contributed by atoms with Gasteiger partial charge in [-0.25, -0.2) is 4.98 Å². The second kappa shape index (κ2) is 9.05. The van der Waals surface area contributed by atoms with Gasteiger partial charge >= 0.3 is 0 Å². The molecule has 2 aliphatic rings. The van der Waals surface area contributed by atoms with E-state index in [0.717, 1.165) is 0 Å². The molecule has 0 radical (unpaired) electrons. The van der Waals surface area contributed by atoms with Gasteiger partial charge in [-0.2, -0.15) is 4.98 Å². The van der Waals surface area contributed by atoms with Crippen LogP contribution in [-0.4, -0.2) is 70.3 Å².